The van der Waals surface area contributed by atoms with Crippen molar-refractivity contribution in [1.29, 1.82) is 0 Å². The van der Waals surface area contributed by atoms with Crippen LogP contribution in [-0.2, 0) is 10.2 Å². The third-order valence-electron chi connectivity index (χ3n) is 3.16. The van der Waals surface area contributed by atoms with Gasteiger partial charge in [-0.3, -0.25) is 9.69 Å². The molecule has 1 rings (SSSR count). The summed E-state index contributed by atoms with van der Waals surface area (Å²) in [5, 5.41) is 8.83. The van der Waals surface area contributed by atoms with Crippen molar-refractivity contribution in [1.82, 2.24) is 0 Å². The number of nitrogens with zero attached hydrogens (tertiary/aromatic N) is 1. The summed E-state index contributed by atoms with van der Waals surface area (Å²) in [7, 11) is 0. The molecule has 0 aliphatic carbocycles. The Kier molecular flexibility index (Phi) is 4.76. The van der Waals surface area contributed by atoms with Gasteiger partial charge in [-0.05, 0) is 30.0 Å². The molecule has 0 aliphatic heterocycles. The number of benzene rings is 1. The summed E-state index contributed by atoms with van der Waals surface area (Å²) >= 11 is 0. The Morgan fingerprint density at radius 3 is 2.10 bits per heavy atom. The summed E-state index contributed by atoms with van der Waals surface area (Å²) in [6.45, 7) is 7.96. The summed E-state index contributed by atoms with van der Waals surface area (Å²) < 4.78 is 0. The number of primary amides is 1. The third kappa shape index (κ3) is 3.98. The average molecular weight is 278 g/mol. The van der Waals surface area contributed by atoms with Gasteiger partial charge in [-0.1, -0.05) is 32.9 Å². The van der Waals surface area contributed by atoms with E-state index in [-0.39, 0.29) is 11.8 Å². The van der Waals surface area contributed by atoms with Gasteiger partial charge in [0.15, 0.2) is 0 Å². The van der Waals surface area contributed by atoms with Gasteiger partial charge in [0, 0.05) is 11.7 Å². The first-order valence-corrected chi connectivity index (χ1v) is 6.54. The summed E-state index contributed by atoms with van der Waals surface area (Å²) in [5.74, 6) is -0.963. The summed E-state index contributed by atoms with van der Waals surface area (Å²) in [6.07, 6.45) is -0.149. The smallest absolute Gasteiger partial charge is 0.319 e. The van der Waals surface area contributed by atoms with Crippen LogP contribution in [0.1, 0.15) is 39.7 Å². The van der Waals surface area contributed by atoms with E-state index >= 15 is 0 Å². The highest BCUT2D eigenvalue weighted by molar-refractivity contribution is 5.92. The van der Waals surface area contributed by atoms with Crippen LogP contribution in [0.15, 0.2) is 24.3 Å². The Morgan fingerprint density at radius 2 is 1.75 bits per heavy atom. The van der Waals surface area contributed by atoms with Crippen LogP contribution in [0.4, 0.5) is 10.5 Å². The van der Waals surface area contributed by atoms with E-state index in [1.807, 2.05) is 12.1 Å². The fraction of sp³-hybridized carbons (Fsp3) is 0.467. The Bertz CT molecular complexity index is 489. The highest BCUT2D eigenvalue weighted by Crippen LogP contribution is 2.26. The zero-order valence-corrected chi connectivity index (χ0v) is 12.4. The summed E-state index contributed by atoms with van der Waals surface area (Å²) in [4.78, 5) is 23.6. The van der Waals surface area contributed by atoms with Gasteiger partial charge in [-0.15, -0.1) is 0 Å². The number of aliphatic carboxylic acids is 1. The Balaban J connectivity index is 3.04. The zero-order chi connectivity index (χ0) is 15.5. The number of nitrogens with two attached hydrogens (primary N) is 1. The minimum Gasteiger partial charge on any atom is -0.481 e. The number of carboxylic acids is 1. The van der Waals surface area contributed by atoms with Crippen LogP contribution in [-0.4, -0.2) is 23.1 Å². The fourth-order valence-electron chi connectivity index (χ4n) is 2.06. The highest BCUT2D eigenvalue weighted by Gasteiger charge is 2.22. The first kappa shape index (κ1) is 16.0. The minimum atomic E-state index is -0.963. The Hall–Kier alpha value is -2.04. The highest BCUT2D eigenvalue weighted by atomic mass is 16.4. The lowest BCUT2D eigenvalue weighted by Gasteiger charge is -2.27. The van der Waals surface area contributed by atoms with Crippen molar-refractivity contribution in [2.24, 2.45) is 5.73 Å². The van der Waals surface area contributed by atoms with Crippen molar-refractivity contribution in [3.8, 4) is 0 Å². The number of hydrogen-bond donors (Lipinski definition) is 2. The number of carbonyl (C=O) groups is 2. The maximum atomic E-state index is 11.6. The molecule has 3 N–H and O–H groups in total. The van der Waals surface area contributed by atoms with Crippen LogP contribution in [0.5, 0.6) is 0 Å². The van der Waals surface area contributed by atoms with Gasteiger partial charge in [-0.25, -0.2) is 4.79 Å². The molecule has 0 aromatic heterocycles. The zero-order valence-electron chi connectivity index (χ0n) is 12.4. The molecular formula is C15H22N2O3. The number of rotatable bonds is 4. The van der Waals surface area contributed by atoms with Gasteiger partial charge in [-0.2, -0.15) is 0 Å². The maximum absolute atomic E-state index is 11.6. The molecule has 0 heterocycles. The second-order valence-electron chi connectivity index (χ2n) is 5.95. The molecule has 0 spiro atoms. The van der Waals surface area contributed by atoms with Crippen molar-refractivity contribution in [2.75, 3.05) is 4.90 Å². The van der Waals surface area contributed by atoms with Gasteiger partial charge in [0.05, 0.1) is 6.42 Å². The van der Waals surface area contributed by atoms with Gasteiger partial charge >= 0.3 is 12.0 Å². The first-order chi connectivity index (χ1) is 9.12. The lowest BCUT2D eigenvalue weighted by Crippen LogP contribution is -2.43. The molecule has 20 heavy (non-hydrogen) atoms. The van der Waals surface area contributed by atoms with Crippen molar-refractivity contribution in [3.05, 3.63) is 29.8 Å². The lowest BCUT2D eigenvalue weighted by molar-refractivity contribution is -0.137. The number of hydrogen-bond acceptors (Lipinski definition) is 2. The molecular weight excluding hydrogens is 256 g/mol. The fourth-order valence-corrected chi connectivity index (χ4v) is 2.06. The minimum absolute atomic E-state index is 0.0166. The van der Waals surface area contributed by atoms with Gasteiger partial charge < -0.3 is 10.8 Å². The molecule has 1 aromatic carbocycles. The molecule has 0 fully saturated rings. The molecule has 2 amide bonds. The van der Waals surface area contributed by atoms with Crippen molar-refractivity contribution in [2.45, 2.75) is 45.6 Å². The largest absolute Gasteiger partial charge is 0.481 e. The molecule has 5 nitrogen and oxygen atoms in total. The number of carbonyl (C=O) groups excluding carboxylic acids is 1. The third-order valence-corrected chi connectivity index (χ3v) is 3.16. The van der Waals surface area contributed by atoms with E-state index in [1.165, 1.54) is 4.90 Å². The molecule has 5 heteroatoms. The topological polar surface area (TPSA) is 83.6 Å². The second-order valence-corrected chi connectivity index (χ2v) is 5.95. The van der Waals surface area contributed by atoms with Crippen molar-refractivity contribution in [3.63, 3.8) is 0 Å². The summed E-state index contributed by atoms with van der Waals surface area (Å²) in [5.41, 5.74) is 7.13. The van der Waals surface area contributed by atoms with E-state index in [0.717, 1.165) is 5.56 Å². The van der Waals surface area contributed by atoms with E-state index in [4.69, 9.17) is 10.8 Å². The molecule has 0 bridgehead atoms. The molecule has 0 aliphatic rings. The Labute approximate surface area is 119 Å². The van der Waals surface area contributed by atoms with Gasteiger partial charge in [0.2, 0.25) is 0 Å². The number of urea groups is 1. The Morgan fingerprint density at radius 1 is 1.25 bits per heavy atom. The van der Waals surface area contributed by atoms with Gasteiger partial charge in [0.1, 0.15) is 0 Å². The van der Waals surface area contributed by atoms with Crippen LogP contribution >= 0.6 is 0 Å². The number of carboxylic acid groups (broad SMARTS) is 1. The number of amides is 2. The van der Waals surface area contributed by atoms with E-state index < -0.39 is 18.0 Å². The monoisotopic (exact) mass is 278 g/mol. The molecule has 0 unspecified atom stereocenters. The standard InChI is InChI=1S/C15H22N2O3/c1-10(9-13(18)19)17(14(16)20)12-7-5-11(6-8-12)15(2,3)4/h5-8,10H,9H2,1-4H3,(H2,16,20)(H,18,19)/t10-/m0/s1. The molecule has 0 saturated carbocycles. The van der Waals surface area contributed by atoms with Crippen LogP contribution < -0.4 is 10.6 Å². The van der Waals surface area contributed by atoms with Crippen LogP contribution in [0.2, 0.25) is 0 Å². The lowest BCUT2D eigenvalue weighted by atomic mass is 9.87. The summed E-state index contributed by atoms with van der Waals surface area (Å²) in [6, 6.07) is 6.30. The molecule has 0 radical (unpaired) electrons. The van der Waals surface area contributed by atoms with Crippen LogP contribution in [0.3, 0.4) is 0 Å². The quantitative estimate of drug-likeness (QED) is 0.888. The van der Waals surface area contributed by atoms with E-state index in [9.17, 15) is 9.59 Å². The average Bonchev–Trinajstić information content (AvgIpc) is 2.26. The van der Waals surface area contributed by atoms with E-state index in [2.05, 4.69) is 20.8 Å². The SMILES string of the molecule is C[C@@H](CC(=O)O)N(C(N)=O)c1ccc(C(C)(C)C)cc1. The normalized spacial score (nSPS) is 12.8. The molecule has 0 saturated heterocycles. The van der Waals surface area contributed by atoms with Crippen LogP contribution in [0, 0.1) is 0 Å². The number of anilines is 1. The van der Waals surface area contributed by atoms with E-state index in [0.29, 0.717) is 5.69 Å². The van der Waals surface area contributed by atoms with Crippen molar-refractivity contribution < 1.29 is 14.7 Å². The van der Waals surface area contributed by atoms with Gasteiger partial charge in [0.25, 0.3) is 0 Å². The van der Waals surface area contributed by atoms with Crippen molar-refractivity contribution >= 4 is 17.7 Å². The first-order valence-electron chi connectivity index (χ1n) is 6.54. The molecule has 1 aromatic rings. The molecule has 1 atom stereocenters. The predicted molar refractivity (Wildman–Crippen MR) is 78.9 cm³/mol. The molecule has 110 valence electrons. The van der Waals surface area contributed by atoms with E-state index in [1.54, 1.807) is 19.1 Å². The second kappa shape index (κ2) is 5.94. The van der Waals surface area contributed by atoms with Crippen LogP contribution in [0.25, 0.3) is 0 Å². The predicted octanol–water partition coefficient (Wildman–Crippen LogP) is 2.73. The maximum Gasteiger partial charge on any atom is 0.319 e.